The molecule has 1 fully saturated rings. The van der Waals surface area contributed by atoms with E-state index in [1.165, 1.54) is 9.58 Å². The highest BCUT2D eigenvalue weighted by Crippen LogP contribution is 2.35. The Hall–Kier alpha value is -1.88. The van der Waals surface area contributed by atoms with Crippen LogP contribution in [0.3, 0.4) is 0 Å². The van der Waals surface area contributed by atoms with Gasteiger partial charge in [0.1, 0.15) is 0 Å². The third-order valence-electron chi connectivity index (χ3n) is 5.51. The fraction of sp³-hybridized carbons (Fsp3) is 0.400. The molecule has 156 valence electrons. The van der Waals surface area contributed by atoms with E-state index < -0.39 is 0 Å². The molecule has 0 saturated carbocycles. The van der Waals surface area contributed by atoms with Crippen molar-refractivity contribution in [3.63, 3.8) is 0 Å². The van der Waals surface area contributed by atoms with Crippen molar-refractivity contribution in [2.75, 3.05) is 31.1 Å². The number of aromatic nitrogens is 5. The molecule has 30 heavy (non-hydrogen) atoms. The second kappa shape index (κ2) is 8.70. The van der Waals surface area contributed by atoms with Crippen molar-refractivity contribution in [2.24, 2.45) is 0 Å². The van der Waals surface area contributed by atoms with Crippen LogP contribution < -0.4 is 4.90 Å². The van der Waals surface area contributed by atoms with Crippen molar-refractivity contribution in [1.82, 2.24) is 30.1 Å². The van der Waals surface area contributed by atoms with Gasteiger partial charge in [-0.25, -0.2) is 9.67 Å². The highest BCUT2D eigenvalue weighted by molar-refractivity contribution is 9.10. The molecule has 3 aromatic heterocycles. The summed E-state index contributed by atoms with van der Waals surface area (Å²) < 4.78 is 4.29. The Morgan fingerprint density at radius 3 is 2.73 bits per heavy atom. The molecule has 4 aromatic rings. The molecule has 1 aromatic carbocycles. The van der Waals surface area contributed by atoms with E-state index in [2.05, 4.69) is 77.8 Å². The van der Waals surface area contributed by atoms with Crippen LogP contribution in [-0.4, -0.2) is 56.3 Å². The van der Waals surface area contributed by atoms with E-state index in [0.717, 1.165) is 60.1 Å². The second-order valence-corrected chi connectivity index (χ2v) is 10.2. The van der Waals surface area contributed by atoms with Crippen molar-refractivity contribution in [3.8, 4) is 0 Å². The van der Waals surface area contributed by atoms with E-state index >= 15 is 0 Å². The van der Waals surface area contributed by atoms with E-state index in [1.807, 2.05) is 10.7 Å². The van der Waals surface area contributed by atoms with Gasteiger partial charge in [0, 0.05) is 35.5 Å². The first-order chi connectivity index (χ1) is 14.7. The molecule has 1 aliphatic heterocycles. The number of nitrogens with zero attached hydrogens (tertiary/aromatic N) is 7. The molecule has 1 unspecified atom stereocenters. The lowest BCUT2D eigenvalue weighted by Gasteiger charge is -2.38. The summed E-state index contributed by atoms with van der Waals surface area (Å²) in [5.74, 6) is 0.961. The number of thiophene rings is 1. The Labute approximate surface area is 191 Å². The van der Waals surface area contributed by atoms with Crippen molar-refractivity contribution in [1.29, 1.82) is 0 Å². The topological polar surface area (TPSA) is 63.0 Å². The normalized spacial score (nSPS) is 16.4. The molecular weight excluding hydrogens is 482 g/mol. The van der Waals surface area contributed by atoms with Crippen LogP contribution in [0.1, 0.15) is 30.1 Å². The molecule has 0 aliphatic carbocycles. The number of tetrazole rings is 1. The van der Waals surface area contributed by atoms with Gasteiger partial charge in [-0.2, -0.15) is 0 Å². The van der Waals surface area contributed by atoms with Gasteiger partial charge in [-0.3, -0.25) is 4.90 Å². The van der Waals surface area contributed by atoms with Crippen LogP contribution in [0, 0.1) is 0 Å². The Kier molecular flexibility index (Phi) is 5.81. The molecule has 0 radical (unpaired) electrons. The lowest BCUT2D eigenvalue weighted by atomic mass is 10.1. The third-order valence-corrected chi connectivity index (χ3v) is 8.46. The summed E-state index contributed by atoms with van der Waals surface area (Å²) in [6.07, 6.45) is 0.985. The van der Waals surface area contributed by atoms with E-state index in [4.69, 9.17) is 4.98 Å². The summed E-state index contributed by atoms with van der Waals surface area (Å²) in [6, 6.07) is 10.6. The van der Waals surface area contributed by atoms with Crippen LogP contribution in [-0.2, 0) is 6.54 Å². The lowest BCUT2D eigenvalue weighted by molar-refractivity contribution is 0.169. The number of halogens is 1. The number of anilines is 1. The summed E-state index contributed by atoms with van der Waals surface area (Å²) in [7, 11) is 0. The van der Waals surface area contributed by atoms with E-state index in [0.29, 0.717) is 0 Å². The van der Waals surface area contributed by atoms with Gasteiger partial charge in [0.15, 0.2) is 11.0 Å². The van der Waals surface area contributed by atoms with Gasteiger partial charge in [-0.05, 0) is 56.4 Å². The fourth-order valence-corrected chi connectivity index (χ4v) is 6.29. The minimum Gasteiger partial charge on any atom is -0.345 e. The van der Waals surface area contributed by atoms with Gasteiger partial charge in [0.25, 0.3) is 0 Å². The van der Waals surface area contributed by atoms with E-state index in [1.54, 1.807) is 22.7 Å². The molecular formula is C20H22BrN7S2. The Balaban J connectivity index is 1.29. The van der Waals surface area contributed by atoms with Gasteiger partial charge >= 0.3 is 0 Å². The van der Waals surface area contributed by atoms with Crippen molar-refractivity contribution in [2.45, 2.75) is 25.9 Å². The van der Waals surface area contributed by atoms with Crippen LogP contribution in [0.4, 0.5) is 5.13 Å². The number of fused-ring (bicyclic) bond motifs is 1. The molecule has 4 heterocycles. The maximum Gasteiger partial charge on any atom is 0.186 e. The average Bonchev–Trinajstić information content (AvgIpc) is 3.52. The minimum atomic E-state index is 0.228. The lowest BCUT2D eigenvalue weighted by Crippen LogP contribution is -2.48. The number of piperazine rings is 1. The summed E-state index contributed by atoms with van der Waals surface area (Å²) in [6.45, 7) is 6.81. The zero-order valence-electron chi connectivity index (χ0n) is 16.6. The van der Waals surface area contributed by atoms with Crippen LogP contribution in [0.2, 0.25) is 0 Å². The quantitative estimate of drug-likeness (QED) is 0.387. The minimum absolute atomic E-state index is 0.228. The summed E-state index contributed by atoms with van der Waals surface area (Å²) >= 11 is 7.15. The number of thiazole rings is 1. The molecule has 0 bridgehead atoms. The SMILES string of the molecule is CCC(c1nnnn1Cc1cccs1)N1CCN(c2nc3cccc(Br)c3s2)CC1. The van der Waals surface area contributed by atoms with Crippen LogP contribution >= 0.6 is 38.6 Å². The Bertz CT molecular complexity index is 1120. The smallest absolute Gasteiger partial charge is 0.186 e. The van der Waals surface area contributed by atoms with Crippen molar-refractivity contribution < 1.29 is 0 Å². The predicted molar refractivity (Wildman–Crippen MR) is 125 cm³/mol. The second-order valence-electron chi connectivity index (χ2n) is 7.31. The van der Waals surface area contributed by atoms with Gasteiger partial charge < -0.3 is 4.90 Å². The van der Waals surface area contributed by atoms with Gasteiger partial charge in [-0.1, -0.05) is 30.4 Å². The van der Waals surface area contributed by atoms with Gasteiger partial charge in [0.05, 0.1) is 22.8 Å². The first kappa shape index (κ1) is 20.0. The fourth-order valence-electron chi connectivity index (χ4n) is 3.98. The average molecular weight is 504 g/mol. The number of rotatable bonds is 6. The molecule has 0 N–H and O–H groups in total. The highest BCUT2D eigenvalue weighted by atomic mass is 79.9. The predicted octanol–water partition coefficient (Wildman–Crippen LogP) is 4.43. The molecule has 0 amide bonds. The summed E-state index contributed by atoms with van der Waals surface area (Å²) in [5, 5.41) is 15.8. The molecule has 1 aliphatic rings. The van der Waals surface area contributed by atoms with Gasteiger partial charge in [0.2, 0.25) is 0 Å². The zero-order valence-corrected chi connectivity index (χ0v) is 19.8. The van der Waals surface area contributed by atoms with E-state index in [9.17, 15) is 0 Å². The molecule has 0 spiro atoms. The van der Waals surface area contributed by atoms with Crippen molar-refractivity contribution >= 4 is 54.0 Å². The molecule has 10 heteroatoms. The molecule has 1 saturated heterocycles. The van der Waals surface area contributed by atoms with E-state index in [-0.39, 0.29) is 6.04 Å². The van der Waals surface area contributed by atoms with Crippen LogP contribution in [0.25, 0.3) is 10.2 Å². The maximum atomic E-state index is 4.85. The zero-order chi connectivity index (χ0) is 20.5. The largest absolute Gasteiger partial charge is 0.345 e. The van der Waals surface area contributed by atoms with Crippen LogP contribution in [0.15, 0.2) is 40.2 Å². The molecule has 1 atom stereocenters. The number of hydrogen-bond donors (Lipinski definition) is 0. The standard InChI is InChI=1S/C20H22BrN7S2/c1-2-17(19-23-24-25-28(19)13-14-5-4-12-29-14)26-8-10-27(11-9-26)20-22-16-7-3-6-15(21)18(16)30-20/h3-7,12,17H,2,8-11,13H2,1H3. The molecule has 7 nitrogen and oxygen atoms in total. The Morgan fingerprint density at radius 1 is 1.13 bits per heavy atom. The first-order valence-electron chi connectivity index (χ1n) is 10.1. The first-order valence-corrected chi connectivity index (χ1v) is 12.5. The number of benzene rings is 1. The summed E-state index contributed by atoms with van der Waals surface area (Å²) in [5.41, 5.74) is 1.06. The summed E-state index contributed by atoms with van der Waals surface area (Å²) in [4.78, 5) is 11.0. The number of hydrogen-bond acceptors (Lipinski definition) is 8. The maximum absolute atomic E-state index is 4.85. The highest BCUT2D eigenvalue weighted by Gasteiger charge is 2.29. The Morgan fingerprint density at radius 2 is 2.00 bits per heavy atom. The monoisotopic (exact) mass is 503 g/mol. The third kappa shape index (κ3) is 3.89. The van der Waals surface area contributed by atoms with Crippen LogP contribution in [0.5, 0.6) is 0 Å². The molecule has 5 rings (SSSR count). The van der Waals surface area contributed by atoms with Crippen molar-refractivity contribution in [3.05, 3.63) is 50.9 Å². The van der Waals surface area contributed by atoms with Gasteiger partial charge in [-0.15, -0.1) is 16.4 Å².